The normalized spacial score (nSPS) is 10.3. The first-order valence-corrected chi connectivity index (χ1v) is 8.54. The van der Waals surface area contributed by atoms with E-state index in [1.807, 2.05) is 45.0 Å². The van der Waals surface area contributed by atoms with Crippen LogP contribution in [0.25, 0.3) is 0 Å². The fraction of sp³-hybridized carbons (Fsp3) is 0.300. The van der Waals surface area contributed by atoms with E-state index in [1.165, 1.54) is 7.11 Å². The van der Waals surface area contributed by atoms with Gasteiger partial charge in [0.15, 0.2) is 11.5 Å². The van der Waals surface area contributed by atoms with E-state index in [2.05, 4.69) is 10.9 Å². The van der Waals surface area contributed by atoms with Crippen LogP contribution in [-0.4, -0.2) is 39.1 Å². The van der Waals surface area contributed by atoms with Crippen molar-refractivity contribution in [3.63, 3.8) is 0 Å². The molecular weight excluding hydrogens is 346 g/mol. The van der Waals surface area contributed by atoms with Crippen LogP contribution in [0, 0.1) is 0 Å². The third-order valence-corrected chi connectivity index (χ3v) is 3.72. The number of carbonyl (C=O) groups is 2. The zero-order valence-electron chi connectivity index (χ0n) is 16.2. The summed E-state index contributed by atoms with van der Waals surface area (Å²) in [6.07, 6.45) is -0.0169. The highest BCUT2D eigenvalue weighted by molar-refractivity contribution is 5.99. The lowest BCUT2D eigenvalue weighted by Crippen LogP contribution is -2.41. The van der Waals surface area contributed by atoms with Crippen molar-refractivity contribution in [2.75, 3.05) is 26.1 Å². The molecule has 2 rings (SSSR count). The molecular formula is C20H25N3O4. The molecule has 0 aromatic heterocycles. The molecule has 27 heavy (non-hydrogen) atoms. The molecule has 0 radical (unpaired) electrons. The molecule has 0 saturated heterocycles. The van der Waals surface area contributed by atoms with Crippen molar-refractivity contribution in [3.8, 4) is 11.5 Å². The van der Waals surface area contributed by atoms with Crippen molar-refractivity contribution < 1.29 is 19.1 Å². The van der Waals surface area contributed by atoms with Gasteiger partial charge in [-0.25, -0.2) is 0 Å². The standard InChI is InChI=1S/C20H25N3O4/c1-13(2)27-17-11-8-15(12-18(17)26-5)20(25)22-21-19(24)14-6-9-16(10-7-14)23(3)4/h6-13H,1-5H3,(H,21,24)(H,22,25). The number of hydrazine groups is 1. The molecule has 0 unspecified atom stereocenters. The highest BCUT2D eigenvalue weighted by Gasteiger charge is 2.13. The minimum absolute atomic E-state index is 0.0169. The molecule has 2 aromatic carbocycles. The molecule has 2 aromatic rings. The minimum Gasteiger partial charge on any atom is -0.493 e. The van der Waals surface area contributed by atoms with Gasteiger partial charge in [-0.2, -0.15) is 0 Å². The van der Waals surface area contributed by atoms with Gasteiger partial charge in [0.05, 0.1) is 13.2 Å². The molecule has 7 heteroatoms. The van der Waals surface area contributed by atoms with Crippen molar-refractivity contribution in [2.24, 2.45) is 0 Å². The Morgan fingerprint density at radius 1 is 0.889 bits per heavy atom. The quantitative estimate of drug-likeness (QED) is 0.763. The third-order valence-electron chi connectivity index (χ3n) is 3.72. The Morgan fingerprint density at radius 2 is 1.44 bits per heavy atom. The van der Waals surface area contributed by atoms with Crippen molar-refractivity contribution in [2.45, 2.75) is 20.0 Å². The van der Waals surface area contributed by atoms with Gasteiger partial charge in [-0.1, -0.05) is 0 Å². The summed E-state index contributed by atoms with van der Waals surface area (Å²) in [5.74, 6) is 0.138. The van der Waals surface area contributed by atoms with Crippen LogP contribution in [0.3, 0.4) is 0 Å². The Hall–Kier alpha value is -3.22. The van der Waals surface area contributed by atoms with E-state index in [1.54, 1.807) is 30.3 Å². The second-order valence-electron chi connectivity index (χ2n) is 6.38. The monoisotopic (exact) mass is 371 g/mol. The van der Waals surface area contributed by atoms with Gasteiger partial charge >= 0.3 is 0 Å². The van der Waals surface area contributed by atoms with E-state index >= 15 is 0 Å². The summed E-state index contributed by atoms with van der Waals surface area (Å²) in [5.41, 5.74) is 6.57. The topological polar surface area (TPSA) is 79.9 Å². The Kier molecular flexibility index (Phi) is 6.65. The second-order valence-corrected chi connectivity index (χ2v) is 6.38. The summed E-state index contributed by atoms with van der Waals surface area (Å²) in [6.45, 7) is 3.81. The first-order chi connectivity index (χ1) is 12.8. The van der Waals surface area contributed by atoms with Gasteiger partial charge in [0.25, 0.3) is 11.8 Å². The zero-order chi connectivity index (χ0) is 20.0. The van der Waals surface area contributed by atoms with Crippen molar-refractivity contribution in [3.05, 3.63) is 53.6 Å². The highest BCUT2D eigenvalue weighted by atomic mass is 16.5. The third kappa shape index (κ3) is 5.37. The average molecular weight is 371 g/mol. The number of hydrogen-bond donors (Lipinski definition) is 2. The summed E-state index contributed by atoms with van der Waals surface area (Å²) in [7, 11) is 5.34. The Balaban J connectivity index is 2.01. The second kappa shape index (κ2) is 8.93. The molecule has 0 aliphatic carbocycles. The van der Waals surface area contributed by atoms with Crippen LogP contribution in [0.15, 0.2) is 42.5 Å². The summed E-state index contributed by atoms with van der Waals surface area (Å²) in [6, 6.07) is 11.9. The first kappa shape index (κ1) is 20.1. The highest BCUT2D eigenvalue weighted by Crippen LogP contribution is 2.28. The smallest absolute Gasteiger partial charge is 0.269 e. The number of nitrogens with zero attached hydrogens (tertiary/aromatic N) is 1. The fourth-order valence-corrected chi connectivity index (χ4v) is 2.33. The number of ether oxygens (including phenoxy) is 2. The summed E-state index contributed by atoms with van der Waals surface area (Å²) in [4.78, 5) is 26.4. The van der Waals surface area contributed by atoms with E-state index in [0.29, 0.717) is 22.6 Å². The number of methoxy groups -OCH3 is 1. The molecule has 0 heterocycles. The number of rotatable bonds is 6. The average Bonchev–Trinajstić information content (AvgIpc) is 2.65. The SMILES string of the molecule is COc1cc(C(=O)NNC(=O)c2ccc(N(C)C)cc2)ccc1OC(C)C. The van der Waals surface area contributed by atoms with E-state index in [9.17, 15) is 9.59 Å². The molecule has 0 saturated carbocycles. The van der Waals surface area contributed by atoms with Crippen LogP contribution in [0.4, 0.5) is 5.69 Å². The van der Waals surface area contributed by atoms with Crippen molar-refractivity contribution in [1.82, 2.24) is 10.9 Å². The van der Waals surface area contributed by atoms with E-state index < -0.39 is 11.8 Å². The van der Waals surface area contributed by atoms with Crippen LogP contribution in [0.5, 0.6) is 11.5 Å². The van der Waals surface area contributed by atoms with Gasteiger partial charge in [-0.15, -0.1) is 0 Å². The number of benzene rings is 2. The lowest BCUT2D eigenvalue weighted by Gasteiger charge is -2.15. The molecule has 0 bridgehead atoms. The molecule has 2 amide bonds. The molecule has 0 aliphatic rings. The minimum atomic E-state index is -0.456. The summed E-state index contributed by atoms with van der Waals surface area (Å²) >= 11 is 0. The van der Waals surface area contributed by atoms with E-state index in [-0.39, 0.29) is 6.10 Å². The molecule has 7 nitrogen and oxygen atoms in total. The maximum absolute atomic E-state index is 12.3. The van der Waals surface area contributed by atoms with Crippen LogP contribution in [-0.2, 0) is 0 Å². The summed E-state index contributed by atoms with van der Waals surface area (Å²) in [5, 5.41) is 0. The Morgan fingerprint density at radius 3 is 1.96 bits per heavy atom. The largest absolute Gasteiger partial charge is 0.493 e. The van der Waals surface area contributed by atoms with E-state index in [4.69, 9.17) is 9.47 Å². The summed E-state index contributed by atoms with van der Waals surface area (Å²) < 4.78 is 10.9. The van der Waals surface area contributed by atoms with Crippen molar-refractivity contribution >= 4 is 17.5 Å². The number of hydrogen-bond acceptors (Lipinski definition) is 5. The van der Waals surface area contributed by atoms with Gasteiger partial charge in [-0.3, -0.25) is 20.4 Å². The zero-order valence-corrected chi connectivity index (χ0v) is 16.2. The van der Waals surface area contributed by atoms with Crippen LogP contribution >= 0.6 is 0 Å². The van der Waals surface area contributed by atoms with Gasteiger partial charge in [0.1, 0.15) is 0 Å². The number of amides is 2. The first-order valence-electron chi connectivity index (χ1n) is 8.54. The predicted octanol–water partition coefficient (Wildman–Crippen LogP) is 2.62. The van der Waals surface area contributed by atoms with Gasteiger partial charge in [0, 0.05) is 30.9 Å². The Labute approximate surface area is 159 Å². The van der Waals surface area contributed by atoms with Gasteiger partial charge in [-0.05, 0) is 56.3 Å². The van der Waals surface area contributed by atoms with Crippen LogP contribution in [0.2, 0.25) is 0 Å². The molecule has 2 N–H and O–H groups in total. The van der Waals surface area contributed by atoms with Crippen LogP contribution in [0.1, 0.15) is 34.6 Å². The maximum atomic E-state index is 12.3. The molecule has 0 fully saturated rings. The van der Waals surface area contributed by atoms with Gasteiger partial charge < -0.3 is 14.4 Å². The number of carbonyl (C=O) groups excluding carboxylic acids is 2. The molecule has 0 spiro atoms. The van der Waals surface area contributed by atoms with Crippen LogP contribution < -0.4 is 25.2 Å². The fourth-order valence-electron chi connectivity index (χ4n) is 2.33. The Bertz CT molecular complexity index is 801. The van der Waals surface area contributed by atoms with Crippen molar-refractivity contribution in [1.29, 1.82) is 0 Å². The lowest BCUT2D eigenvalue weighted by molar-refractivity contribution is 0.0846. The molecule has 0 atom stereocenters. The molecule has 144 valence electrons. The predicted molar refractivity (Wildman–Crippen MR) is 104 cm³/mol. The lowest BCUT2D eigenvalue weighted by atomic mass is 10.2. The molecule has 0 aliphatic heterocycles. The number of nitrogens with one attached hydrogen (secondary N) is 2. The van der Waals surface area contributed by atoms with E-state index in [0.717, 1.165) is 5.69 Å². The maximum Gasteiger partial charge on any atom is 0.269 e. The number of anilines is 1. The van der Waals surface area contributed by atoms with Gasteiger partial charge in [0.2, 0.25) is 0 Å².